The van der Waals surface area contributed by atoms with Gasteiger partial charge in [-0.2, -0.15) is 0 Å². The fraction of sp³-hybridized carbons (Fsp3) is 0.300. The minimum atomic E-state index is -0.284. The number of allylic oxidation sites excluding steroid dienone is 1. The van der Waals surface area contributed by atoms with Crippen LogP contribution in [0.1, 0.15) is 12.5 Å². The molecule has 1 aromatic heterocycles. The second-order valence-electron chi connectivity index (χ2n) is 2.97. The molecule has 1 aromatic rings. The van der Waals surface area contributed by atoms with E-state index in [4.69, 9.17) is 0 Å². The monoisotopic (exact) mass is 180 g/mol. The van der Waals surface area contributed by atoms with Crippen molar-refractivity contribution in [1.29, 1.82) is 0 Å². The van der Waals surface area contributed by atoms with Crippen molar-refractivity contribution in [1.82, 2.24) is 4.57 Å². The van der Waals surface area contributed by atoms with Crippen LogP contribution in [-0.2, 0) is 0 Å². The molecule has 0 radical (unpaired) electrons. The third-order valence-electron chi connectivity index (χ3n) is 1.87. The molecule has 1 rings (SSSR count). The lowest BCUT2D eigenvalue weighted by atomic mass is 10.3. The molecule has 0 unspecified atom stereocenters. The Bertz CT molecular complexity index is 402. The zero-order chi connectivity index (χ0) is 10.0. The number of nitrogens with zero attached hydrogens (tertiary/aromatic N) is 2. The number of aryl methyl sites for hydroxylation is 1. The Morgan fingerprint density at radius 3 is 2.69 bits per heavy atom. The van der Waals surface area contributed by atoms with Crippen LogP contribution in [0, 0.1) is 12.7 Å². The number of aromatic nitrogens is 1. The molecule has 0 spiro atoms. The number of rotatable bonds is 1. The lowest BCUT2D eigenvalue weighted by Gasteiger charge is -2.07. The van der Waals surface area contributed by atoms with Gasteiger partial charge in [-0.25, -0.2) is 4.39 Å². The minimum Gasteiger partial charge on any atom is -0.304 e. The molecule has 0 bridgehead atoms. The first-order valence-electron chi connectivity index (χ1n) is 4.04. The first kappa shape index (κ1) is 9.71. The van der Waals surface area contributed by atoms with Crippen molar-refractivity contribution in [3.05, 3.63) is 35.7 Å². The molecular weight excluding hydrogens is 167 g/mol. The van der Waals surface area contributed by atoms with Crippen molar-refractivity contribution in [3.8, 4) is 0 Å². The zero-order valence-corrected chi connectivity index (χ0v) is 8.13. The fourth-order valence-electron chi connectivity index (χ4n) is 1.13. The molecule has 0 aliphatic heterocycles. The Labute approximate surface area is 77.1 Å². The van der Waals surface area contributed by atoms with Crippen LogP contribution in [0.25, 0.3) is 5.70 Å². The summed E-state index contributed by atoms with van der Waals surface area (Å²) in [5.74, 6) is -0.284. The van der Waals surface area contributed by atoms with Gasteiger partial charge in [0.05, 0.1) is 0 Å². The summed E-state index contributed by atoms with van der Waals surface area (Å²) < 4.78 is 15.1. The number of halogens is 1. The molecule has 0 aliphatic carbocycles. The Hall–Kier alpha value is -1.38. The van der Waals surface area contributed by atoms with Crippen molar-refractivity contribution >= 4 is 5.70 Å². The van der Waals surface area contributed by atoms with Gasteiger partial charge >= 0.3 is 0 Å². The van der Waals surface area contributed by atoms with E-state index in [-0.39, 0.29) is 5.82 Å². The molecule has 3 heteroatoms. The van der Waals surface area contributed by atoms with Gasteiger partial charge in [0.15, 0.2) is 11.3 Å². The topological polar surface area (TPSA) is 17.3 Å². The maximum Gasteiger partial charge on any atom is 0.168 e. The Morgan fingerprint density at radius 2 is 2.23 bits per heavy atom. The molecule has 13 heavy (non-hydrogen) atoms. The molecule has 1 heterocycles. The number of hydrogen-bond donors (Lipinski definition) is 0. The van der Waals surface area contributed by atoms with E-state index in [0.29, 0.717) is 11.1 Å². The summed E-state index contributed by atoms with van der Waals surface area (Å²) in [5.41, 5.74) is 1.67. The van der Waals surface area contributed by atoms with Gasteiger partial charge in [0.1, 0.15) is 0 Å². The second kappa shape index (κ2) is 3.56. The summed E-state index contributed by atoms with van der Waals surface area (Å²) in [4.78, 5) is 3.88. The molecule has 0 atom stereocenters. The van der Waals surface area contributed by atoms with Gasteiger partial charge in [-0.1, -0.05) is 6.58 Å². The van der Waals surface area contributed by atoms with E-state index in [1.54, 1.807) is 30.8 Å². The molecule has 0 amide bonds. The summed E-state index contributed by atoms with van der Waals surface area (Å²) in [5, 5.41) is 0. The Morgan fingerprint density at radius 1 is 1.62 bits per heavy atom. The summed E-state index contributed by atoms with van der Waals surface area (Å²) in [6.07, 6.45) is 1.77. The van der Waals surface area contributed by atoms with Gasteiger partial charge in [-0.3, -0.25) is 4.99 Å². The summed E-state index contributed by atoms with van der Waals surface area (Å²) in [7, 11) is 1.57. The van der Waals surface area contributed by atoms with Gasteiger partial charge in [0.2, 0.25) is 0 Å². The highest BCUT2D eigenvalue weighted by Crippen LogP contribution is 2.02. The predicted octanol–water partition coefficient (Wildman–Crippen LogP) is 1.96. The van der Waals surface area contributed by atoms with Crippen LogP contribution in [0.3, 0.4) is 0 Å². The number of hydrogen-bond acceptors (Lipinski definition) is 1. The largest absolute Gasteiger partial charge is 0.304 e. The van der Waals surface area contributed by atoms with E-state index in [1.165, 1.54) is 0 Å². The molecule has 0 saturated heterocycles. The first-order valence-corrected chi connectivity index (χ1v) is 4.04. The van der Waals surface area contributed by atoms with Gasteiger partial charge in [-0.05, 0) is 25.5 Å². The Kier molecular flexibility index (Phi) is 2.66. The standard InChI is InChI=1S/C10H13FN2/c1-7(2)13-6-5-8(3)9(11)10(13)12-4/h5-6H,1H2,2-4H3. The van der Waals surface area contributed by atoms with E-state index in [2.05, 4.69) is 11.6 Å². The minimum absolute atomic E-state index is 0.284. The molecular formula is C10H13FN2. The van der Waals surface area contributed by atoms with E-state index in [9.17, 15) is 4.39 Å². The van der Waals surface area contributed by atoms with Crippen LogP contribution in [0.15, 0.2) is 23.8 Å². The Balaban J connectivity index is 3.59. The molecule has 0 aliphatic rings. The van der Waals surface area contributed by atoms with Gasteiger partial charge in [0, 0.05) is 18.9 Å². The SMILES string of the molecule is C=C(C)n1ccc(C)c(F)c1=NC. The van der Waals surface area contributed by atoms with Gasteiger partial charge in [-0.15, -0.1) is 0 Å². The van der Waals surface area contributed by atoms with Crippen LogP contribution in [0.2, 0.25) is 0 Å². The maximum atomic E-state index is 13.5. The van der Waals surface area contributed by atoms with Crippen molar-refractivity contribution < 1.29 is 4.39 Å². The normalized spacial score (nSPS) is 11.8. The van der Waals surface area contributed by atoms with Crippen molar-refractivity contribution in [3.63, 3.8) is 0 Å². The predicted molar refractivity (Wildman–Crippen MR) is 51.6 cm³/mol. The van der Waals surface area contributed by atoms with Crippen molar-refractivity contribution in [2.45, 2.75) is 13.8 Å². The molecule has 0 saturated carbocycles. The molecule has 0 N–H and O–H groups in total. The van der Waals surface area contributed by atoms with Crippen molar-refractivity contribution in [2.75, 3.05) is 7.05 Å². The summed E-state index contributed by atoms with van der Waals surface area (Å²) in [6.45, 7) is 7.27. The van der Waals surface area contributed by atoms with E-state index in [1.807, 2.05) is 6.92 Å². The highest BCUT2D eigenvalue weighted by molar-refractivity contribution is 5.38. The summed E-state index contributed by atoms with van der Waals surface area (Å²) in [6, 6.07) is 1.71. The third kappa shape index (κ3) is 1.69. The lowest BCUT2D eigenvalue weighted by Crippen LogP contribution is -2.23. The molecule has 2 nitrogen and oxygen atoms in total. The van der Waals surface area contributed by atoms with Crippen molar-refractivity contribution in [2.24, 2.45) is 4.99 Å². The van der Waals surface area contributed by atoms with Crippen LogP contribution >= 0.6 is 0 Å². The smallest absolute Gasteiger partial charge is 0.168 e. The van der Waals surface area contributed by atoms with Crippen LogP contribution in [0.4, 0.5) is 4.39 Å². The average molecular weight is 180 g/mol. The number of pyridine rings is 1. The highest BCUT2D eigenvalue weighted by Gasteiger charge is 2.03. The molecule has 70 valence electrons. The van der Waals surface area contributed by atoms with E-state index in [0.717, 1.165) is 5.70 Å². The molecule has 0 fully saturated rings. The lowest BCUT2D eigenvalue weighted by molar-refractivity contribution is 0.583. The third-order valence-corrected chi connectivity index (χ3v) is 1.87. The first-order chi connectivity index (χ1) is 6.07. The van der Waals surface area contributed by atoms with Crippen LogP contribution < -0.4 is 5.49 Å². The second-order valence-corrected chi connectivity index (χ2v) is 2.97. The summed E-state index contributed by atoms with van der Waals surface area (Å²) >= 11 is 0. The van der Waals surface area contributed by atoms with E-state index < -0.39 is 0 Å². The van der Waals surface area contributed by atoms with Crippen LogP contribution in [-0.4, -0.2) is 11.6 Å². The molecule has 0 aromatic carbocycles. The maximum absolute atomic E-state index is 13.5. The fourth-order valence-corrected chi connectivity index (χ4v) is 1.13. The van der Waals surface area contributed by atoms with Crippen LogP contribution in [0.5, 0.6) is 0 Å². The van der Waals surface area contributed by atoms with Gasteiger partial charge in [0.25, 0.3) is 0 Å². The average Bonchev–Trinajstić information content (AvgIpc) is 2.09. The zero-order valence-electron chi connectivity index (χ0n) is 8.13. The highest BCUT2D eigenvalue weighted by atomic mass is 19.1. The van der Waals surface area contributed by atoms with E-state index >= 15 is 0 Å². The van der Waals surface area contributed by atoms with Gasteiger partial charge < -0.3 is 4.57 Å². The quantitative estimate of drug-likeness (QED) is 0.628.